The molecule has 6 aromatic rings. The Balaban J connectivity index is 0.000000261. The van der Waals surface area contributed by atoms with E-state index < -0.39 is 23.9 Å². The molecule has 0 unspecified atom stereocenters. The molecular weight excluding hydrogens is 1310 g/mol. The van der Waals surface area contributed by atoms with E-state index in [1.807, 2.05) is 18.2 Å². The van der Waals surface area contributed by atoms with Gasteiger partial charge in [-0.05, 0) is 260 Å². The third-order valence-electron chi connectivity index (χ3n) is 19.1. The molecule has 103 heavy (non-hydrogen) atoms. The highest BCUT2D eigenvalue weighted by Crippen LogP contribution is 2.50. The Morgan fingerprint density at radius 2 is 0.777 bits per heavy atom. The molecule has 0 aliphatic heterocycles. The van der Waals surface area contributed by atoms with Crippen molar-refractivity contribution in [3.8, 4) is 90.5 Å². The van der Waals surface area contributed by atoms with Crippen molar-refractivity contribution in [3.63, 3.8) is 0 Å². The van der Waals surface area contributed by atoms with Crippen molar-refractivity contribution < 1.29 is 81.9 Å². The first-order valence-corrected chi connectivity index (χ1v) is 36.6. The van der Waals surface area contributed by atoms with E-state index in [4.69, 9.17) is 37.9 Å². The molecule has 552 valence electrons. The van der Waals surface area contributed by atoms with E-state index in [9.17, 15) is 39.6 Å². The molecule has 0 spiro atoms. The maximum atomic E-state index is 16.2. The summed E-state index contributed by atoms with van der Waals surface area (Å²) in [5, 5.41) is 37.5. The highest BCUT2D eigenvalue weighted by molar-refractivity contribution is 5.94. The summed E-state index contributed by atoms with van der Waals surface area (Å²) in [6.07, 6.45) is 19.3. The second-order valence-electron chi connectivity index (χ2n) is 27.8. The third kappa shape index (κ3) is 23.1. The molecule has 0 amide bonds. The van der Waals surface area contributed by atoms with Crippen LogP contribution in [0.15, 0.2) is 146 Å². The van der Waals surface area contributed by atoms with Crippen LogP contribution in [0.5, 0.6) is 46.0 Å². The largest absolute Gasteiger partial charge is 0.490 e. The summed E-state index contributed by atoms with van der Waals surface area (Å²) in [4.78, 5) is 50.8. The summed E-state index contributed by atoms with van der Waals surface area (Å²) < 4.78 is 63.5. The fourth-order valence-electron chi connectivity index (χ4n) is 13.2. The standard InChI is InChI=1S/C43H53FO8.C43H52O8/c1-6-11-30-12-14-31(15-13-30)32-16-18-35(37(44)25-32)34-24-36(41(50-23-10-8-21-46)40(27-34)52-43(48)29(4)5)33-17-19-38(51-42(47)28(2)3)39(26-33)49-22-9-7-20-45;1-27(2)42(46)50-38-17-15-34(25-39(38)48-21-19-45)37-24-35(26-40(51-43(47)28(3)4)41(37)49-20-7-6-18-44)36-16-14-33(22-29(36)5)32-12-10-31(11-13-32)23-30-8-9-30/h16-19,24-27,30-31,45-46H,2,4,6-15,20-23H2,1,3,5H3;14-17,22,24-26,30-32,44-45H,1,3,6-13,18-21,23H2,2,4-5H3. The van der Waals surface area contributed by atoms with Crippen molar-refractivity contribution in [2.24, 2.45) is 17.8 Å². The first-order valence-electron chi connectivity index (χ1n) is 36.6. The van der Waals surface area contributed by atoms with Crippen molar-refractivity contribution in [2.45, 2.75) is 175 Å². The van der Waals surface area contributed by atoms with Gasteiger partial charge in [-0.1, -0.05) is 101 Å². The van der Waals surface area contributed by atoms with Crippen molar-refractivity contribution >= 4 is 23.9 Å². The van der Waals surface area contributed by atoms with Gasteiger partial charge in [0.1, 0.15) is 12.4 Å². The first kappa shape index (κ1) is 79.8. The Hall–Kier alpha value is -8.87. The average molecular weight is 1410 g/mol. The summed E-state index contributed by atoms with van der Waals surface area (Å²) in [6, 6.07) is 29.3. The van der Waals surface area contributed by atoms with E-state index in [2.05, 4.69) is 58.4 Å². The van der Waals surface area contributed by atoms with E-state index in [1.54, 1.807) is 81.4 Å². The van der Waals surface area contributed by atoms with Crippen LogP contribution in [0.25, 0.3) is 44.5 Å². The molecule has 0 bridgehead atoms. The third-order valence-corrected chi connectivity index (χ3v) is 19.1. The lowest BCUT2D eigenvalue weighted by Crippen LogP contribution is -2.14. The van der Waals surface area contributed by atoms with Gasteiger partial charge in [-0.25, -0.2) is 23.6 Å². The van der Waals surface area contributed by atoms with Crippen molar-refractivity contribution in [3.05, 3.63) is 168 Å². The highest BCUT2D eigenvalue weighted by Gasteiger charge is 2.31. The molecule has 9 rings (SSSR count). The van der Waals surface area contributed by atoms with Gasteiger partial charge >= 0.3 is 23.9 Å². The highest BCUT2D eigenvalue weighted by atomic mass is 19.1. The van der Waals surface area contributed by atoms with Gasteiger partial charge in [0.2, 0.25) is 0 Å². The van der Waals surface area contributed by atoms with Gasteiger partial charge in [0, 0.05) is 58.8 Å². The van der Waals surface area contributed by atoms with E-state index in [0.717, 1.165) is 65.7 Å². The first-order chi connectivity index (χ1) is 49.6. The summed E-state index contributed by atoms with van der Waals surface area (Å²) in [7, 11) is 0. The van der Waals surface area contributed by atoms with Crippen molar-refractivity contribution in [1.82, 2.24) is 0 Å². The Bertz CT molecular complexity index is 3940. The maximum Gasteiger partial charge on any atom is 0.338 e. The van der Waals surface area contributed by atoms with Crippen molar-refractivity contribution in [2.75, 3.05) is 52.9 Å². The Morgan fingerprint density at radius 3 is 1.17 bits per heavy atom. The monoisotopic (exact) mass is 1410 g/mol. The Labute approximate surface area is 607 Å². The smallest absolute Gasteiger partial charge is 0.338 e. The quantitative estimate of drug-likeness (QED) is 0.0124. The Kier molecular flexibility index (Phi) is 30.8. The number of unbranched alkanes of at least 4 members (excludes halogenated alkanes) is 3. The normalized spacial score (nSPS) is 16.3. The summed E-state index contributed by atoms with van der Waals surface area (Å²) >= 11 is 0. The topological polar surface area (TPSA) is 223 Å². The van der Waals surface area contributed by atoms with Crippen LogP contribution in [0.4, 0.5) is 4.39 Å². The number of aliphatic hydroxyl groups excluding tert-OH is 4. The number of carbonyl (C=O) groups is 4. The zero-order chi connectivity index (χ0) is 74.1. The molecule has 4 N–H and O–H groups in total. The molecule has 16 nitrogen and oxygen atoms in total. The number of esters is 4. The molecule has 0 aromatic heterocycles. The van der Waals surface area contributed by atoms with Gasteiger partial charge in [0.15, 0.2) is 46.0 Å². The lowest BCUT2D eigenvalue weighted by atomic mass is 9.76. The molecule has 0 atom stereocenters. The molecule has 0 heterocycles. The van der Waals surface area contributed by atoms with Gasteiger partial charge in [0.25, 0.3) is 0 Å². The van der Waals surface area contributed by atoms with Crippen LogP contribution < -0.4 is 37.9 Å². The molecule has 17 heteroatoms. The lowest BCUT2D eigenvalue weighted by Gasteiger charge is -2.29. The fourth-order valence-corrected chi connectivity index (χ4v) is 13.2. The maximum absolute atomic E-state index is 16.2. The number of aryl methyl sites for hydroxylation is 1. The minimum absolute atomic E-state index is 0.00791. The van der Waals surface area contributed by atoms with Gasteiger partial charge < -0.3 is 58.3 Å². The SMILES string of the molecule is C=C(C)C(=O)Oc1ccc(-c2cc(-c3ccc(C4CCC(CC5CC5)CC4)cc3C)cc(OC(=O)C(=C)C)c2OCCCCO)cc1OCCO.C=C(C)C(=O)Oc1ccc(-c2cc(-c3ccc(C4CCC(CCC)CC4)cc3F)cc(OC(=O)C(=C)C)c2OCCCCO)cc1OCCCCO. The van der Waals surface area contributed by atoms with Crippen molar-refractivity contribution in [1.29, 1.82) is 0 Å². The molecule has 0 radical (unpaired) electrons. The summed E-state index contributed by atoms with van der Waals surface area (Å²) in [5.74, 6) is 2.29. The van der Waals surface area contributed by atoms with Gasteiger partial charge in [-0.3, -0.25) is 0 Å². The van der Waals surface area contributed by atoms with Crippen LogP contribution in [0, 0.1) is 30.5 Å². The molecule has 3 aliphatic carbocycles. The molecule has 3 aliphatic rings. The minimum atomic E-state index is -0.673. The van der Waals surface area contributed by atoms with Crippen LogP contribution in [0.1, 0.15) is 185 Å². The van der Waals surface area contributed by atoms with Crippen LogP contribution in [0.3, 0.4) is 0 Å². The minimum Gasteiger partial charge on any atom is -0.490 e. The van der Waals surface area contributed by atoms with Crippen LogP contribution in [-0.4, -0.2) is 97.2 Å². The molecule has 6 aromatic carbocycles. The number of hydrogen-bond acceptors (Lipinski definition) is 16. The molecule has 3 saturated carbocycles. The molecule has 0 saturated heterocycles. The number of ether oxygens (including phenoxy) is 8. The average Bonchev–Trinajstić information content (AvgIpc) is 1.15. The van der Waals surface area contributed by atoms with Gasteiger partial charge in [0.05, 0.1) is 26.4 Å². The summed E-state index contributed by atoms with van der Waals surface area (Å²) in [6.45, 7) is 25.9. The van der Waals surface area contributed by atoms with Gasteiger partial charge in [-0.2, -0.15) is 0 Å². The zero-order valence-electron chi connectivity index (χ0n) is 61.1. The molecule has 3 fully saturated rings. The number of rotatable bonds is 36. The van der Waals surface area contributed by atoms with Crippen LogP contribution in [-0.2, 0) is 19.2 Å². The van der Waals surface area contributed by atoms with E-state index in [-0.39, 0.29) is 121 Å². The number of aliphatic hydroxyl groups is 4. The van der Waals surface area contributed by atoms with Gasteiger partial charge in [-0.15, -0.1) is 0 Å². The second kappa shape index (κ2) is 39.7. The number of benzene rings is 6. The van der Waals surface area contributed by atoms with E-state index in [1.165, 1.54) is 70.3 Å². The zero-order valence-corrected chi connectivity index (χ0v) is 61.1. The predicted octanol–water partition coefficient (Wildman–Crippen LogP) is 18.4. The number of hydrogen-bond donors (Lipinski definition) is 4. The fraction of sp³-hybridized carbons (Fsp3) is 0.442. The van der Waals surface area contributed by atoms with E-state index >= 15 is 4.39 Å². The van der Waals surface area contributed by atoms with E-state index in [0.29, 0.717) is 89.5 Å². The molecular formula is C86H105FO16. The van der Waals surface area contributed by atoms with Crippen LogP contribution >= 0.6 is 0 Å². The summed E-state index contributed by atoms with van der Waals surface area (Å²) in [5.41, 5.74) is 9.20. The second-order valence-corrected chi connectivity index (χ2v) is 27.8. The number of carbonyl (C=O) groups excluding carboxylic acids is 4. The Morgan fingerprint density at radius 1 is 0.398 bits per heavy atom. The van der Waals surface area contributed by atoms with Crippen LogP contribution in [0.2, 0.25) is 0 Å². The lowest BCUT2D eigenvalue weighted by molar-refractivity contribution is -0.131. The number of halogens is 1. The predicted molar refractivity (Wildman–Crippen MR) is 401 cm³/mol.